The standard InChI is InChI=1S/C71H118O16P2/c1-4-7-10-13-16-19-22-24-26-28-30-31-32-33-35-37-38-40-43-45-48-51-54-57-69(74)81-60-66(72)61-83-88(77,78)84-62-67(73)63-85-89(79,80)86-65-68(87-71(76)59-56-53-50-47-42-21-18-15-12-9-6-3)64-82-70(75)58-55-52-49-46-44-41-39-36-34-29-27-25-23-20-17-14-11-8-5-2/h7-8,10-11,15-20,24-27,30-31,33-36,38,40,66-68,72-73H,4-6,9,12-14,21-23,28-29,32,37,39,41-65H2,1-3H3,(H,77,78)(H,79,80)/b10-7-,11-8-,18-15-,19-16-,20-17-,26-24-,27-25-,31-30-,35-33-,36-34-,40-38-. The van der Waals surface area contributed by atoms with E-state index in [0.29, 0.717) is 19.3 Å². The van der Waals surface area contributed by atoms with E-state index in [1.54, 1.807) is 0 Å². The van der Waals surface area contributed by atoms with Gasteiger partial charge < -0.3 is 34.2 Å². The maximum Gasteiger partial charge on any atom is 0.472 e. The monoisotopic (exact) mass is 1290 g/mol. The van der Waals surface area contributed by atoms with E-state index in [0.717, 1.165) is 167 Å². The molecule has 0 amide bonds. The molecule has 18 heteroatoms. The van der Waals surface area contributed by atoms with E-state index in [1.807, 2.05) is 0 Å². The van der Waals surface area contributed by atoms with Gasteiger partial charge in [-0.25, -0.2) is 9.13 Å². The number of hydrogen-bond acceptors (Lipinski definition) is 14. The van der Waals surface area contributed by atoms with Crippen LogP contribution < -0.4 is 0 Å². The highest BCUT2D eigenvalue weighted by atomic mass is 31.2. The lowest BCUT2D eigenvalue weighted by Crippen LogP contribution is -2.30. The van der Waals surface area contributed by atoms with E-state index >= 15 is 0 Å². The van der Waals surface area contributed by atoms with Gasteiger partial charge in [0.1, 0.15) is 25.4 Å². The lowest BCUT2D eigenvalue weighted by molar-refractivity contribution is -0.161. The highest BCUT2D eigenvalue weighted by Crippen LogP contribution is 2.45. The van der Waals surface area contributed by atoms with E-state index in [-0.39, 0.29) is 19.3 Å². The Morgan fingerprint density at radius 2 is 0.596 bits per heavy atom. The SMILES string of the molecule is CC/C=C\C/C=C\C/C=C\C/C=C\C/C=C\C/C=C\CCCCCCC(=O)OCC(O)COP(=O)(O)OCC(O)COP(=O)(O)OCC(COC(=O)CCCCCCCC/C=C\C/C=C\C/C=C\C/C=C\CC)OC(=O)CCCCCCC/C=C\CCCC. The number of ether oxygens (including phenoxy) is 3. The minimum atomic E-state index is -4.93. The average molecular weight is 1290 g/mol. The number of phosphoric ester groups is 2. The Morgan fingerprint density at radius 1 is 0.326 bits per heavy atom. The molecule has 0 aliphatic carbocycles. The first-order valence-corrected chi connectivity index (χ1v) is 36.5. The number of carbonyl (C=O) groups is 3. The maximum atomic E-state index is 12.9. The Balaban J connectivity index is 4.62. The first kappa shape index (κ1) is 84.7. The molecule has 0 aliphatic heterocycles. The first-order chi connectivity index (χ1) is 43.2. The largest absolute Gasteiger partial charge is 0.472 e. The molecular formula is C71H118O16P2. The molecule has 0 aromatic heterocycles. The van der Waals surface area contributed by atoms with Crippen LogP contribution in [0.3, 0.4) is 0 Å². The van der Waals surface area contributed by atoms with E-state index in [9.17, 15) is 43.5 Å². The van der Waals surface area contributed by atoms with Gasteiger partial charge >= 0.3 is 33.6 Å². The Morgan fingerprint density at radius 3 is 0.955 bits per heavy atom. The van der Waals surface area contributed by atoms with Crippen molar-refractivity contribution in [2.45, 2.75) is 257 Å². The number of unbranched alkanes of at least 4 members (excludes halogenated alkanes) is 17. The third-order valence-corrected chi connectivity index (χ3v) is 15.2. The van der Waals surface area contributed by atoms with E-state index < -0.39 is 91.5 Å². The van der Waals surface area contributed by atoms with Crippen LogP contribution in [-0.2, 0) is 55.8 Å². The highest BCUT2D eigenvalue weighted by Gasteiger charge is 2.29. The average Bonchev–Trinajstić information content (AvgIpc) is 3.54. The fourth-order valence-corrected chi connectivity index (χ4v) is 9.83. The van der Waals surface area contributed by atoms with Crippen LogP contribution in [0.1, 0.15) is 239 Å². The zero-order valence-electron chi connectivity index (χ0n) is 54.8. The lowest BCUT2D eigenvalue weighted by Gasteiger charge is -2.21. The molecule has 0 rings (SSSR count). The fourth-order valence-electron chi connectivity index (χ4n) is 8.25. The summed E-state index contributed by atoms with van der Waals surface area (Å²) >= 11 is 0. The van der Waals surface area contributed by atoms with Crippen LogP contribution >= 0.6 is 15.6 Å². The molecule has 0 spiro atoms. The topological polar surface area (TPSA) is 231 Å². The molecule has 0 bridgehead atoms. The lowest BCUT2D eigenvalue weighted by atomic mass is 10.1. The molecule has 0 aliphatic rings. The summed E-state index contributed by atoms with van der Waals surface area (Å²) in [5.74, 6) is -1.63. The fraction of sp³-hybridized carbons (Fsp3) is 0.648. The van der Waals surface area contributed by atoms with Crippen molar-refractivity contribution in [3.8, 4) is 0 Å². The molecule has 89 heavy (non-hydrogen) atoms. The van der Waals surface area contributed by atoms with Crippen molar-refractivity contribution < 1.29 is 75.8 Å². The summed E-state index contributed by atoms with van der Waals surface area (Å²) in [7, 11) is -9.79. The van der Waals surface area contributed by atoms with Crippen LogP contribution in [0.15, 0.2) is 134 Å². The van der Waals surface area contributed by atoms with Gasteiger partial charge in [0.15, 0.2) is 6.10 Å². The van der Waals surface area contributed by atoms with Crippen LogP contribution in [0.5, 0.6) is 0 Å². The minimum Gasteiger partial charge on any atom is -0.463 e. The van der Waals surface area contributed by atoms with Crippen molar-refractivity contribution in [2.24, 2.45) is 0 Å². The summed E-state index contributed by atoms with van der Waals surface area (Å²) in [5, 5.41) is 20.5. The van der Waals surface area contributed by atoms with E-state index in [1.165, 1.54) is 12.8 Å². The predicted octanol–water partition coefficient (Wildman–Crippen LogP) is 18.4. The molecule has 16 nitrogen and oxygen atoms in total. The summed E-state index contributed by atoms with van der Waals surface area (Å²) in [6.45, 7) is 2.31. The van der Waals surface area contributed by atoms with Crippen molar-refractivity contribution >= 4 is 33.6 Å². The van der Waals surface area contributed by atoms with E-state index in [4.69, 9.17) is 32.3 Å². The van der Waals surface area contributed by atoms with Gasteiger partial charge in [-0.15, -0.1) is 0 Å². The number of aliphatic hydroxyl groups is 2. The predicted molar refractivity (Wildman–Crippen MR) is 362 cm³/mol. The van der Waals surface area contributed by atoms with Gasteiger partial charge in [0.2, 0.25) is 0 Å². The quantitative estimate of drug-likeness (QED) is 0.0146. The highest BCUT2D eigenvalue weighted by molar-refractivity contribution is 7.47. The zero-order chi connectivity index (χ0) is 65.3. The van der Waals surface area contributed by atoms with Gasteiger partial charge in [-0.1, -0.05) is 225 Å². The van der Waals surface area contributed by atoms with Crippen LogP contribution in [0.4, 0.5) is 0 Å². The van der Waals surface area contributed by atoms with Crippen molar-refractivity contribution in [1.82, 2.24) is 0 Å². The third kappa shape index (κ3) is 65.0. The number of rotatable bonds is 62. The Labute approximate surface area is 537 Å². The first-order valence-electron chi connectivity index (χ1n) is 33.5. The van der Waals surface area contributed by atoms with Gasteiger partial charge in [0.25, 0.3) is 0 Å². The summed E-state index contributed by atoms with van der Waals surface area (Å²) < 4.78 is 60.7. The van der Waals surface area contributed by atoms with Crippen LogP contribution in [0.25, 0.3) is 0 Å². The molecular weight excluding hydrogens is 1170 g/mol. The van der Waals surface area contributed by atoms with Crippen molar-refractivity contribution in [3.63, 3.8) is 0 Å². The van der Waals surface area contributed by atoms with Gasteiger partial charge in [0, 0.05) is 19.3 Å². The zero-order valence-corrected chi connectivity index (χ0v) is 56.6. The van der Waals surface area contributed by atoms with Gasteiger partial charge in [0.05, 0.1) is 26.4 Å². The number of aliphatic hydroxyl groups excluding tert-OH is 2. The molecule has 5 atom stereocenters. The number of esters is 3. The van der Waals surface area contributed by atoms with Crippen LogP contribution in [0, 0.1) is 0 Å². The molecule has 508 valence electrons. The van der Waals surface area contributed by atoms with Crippen molar-refractivity contribution in [2.75, 3.05) is 39.6 Å². The molecule has 0 fully saturated rings. The Bertz CT molecular complexity index is 2160. The van der Waals surface area contributed by atoms with Gasteiger partial charge in [-0.2, -0.15) is 0 Å². The number of phosphoric acid groups is 2. The summed E-state index contributed by atoms with van der Waals surface area (Å²) in [4.78, 5) is 58.3. The molecule has 0 radical (unpaired) electrons. The van der Waals surface area contributed by atoms with Gasteiger partial charge in [-0.3, -0.25) is 32.5 Å². The number of allylic oxidation sites excluding steroid dienone is 22. The van der Waals surface area contributed by atoms with Crippen LogP contribution in [0.2, 0.25) is 0 Å². The Kier molecular flexibility index (Phi) is 60.7. The molecule has 0 heterocycles. The molecule has 0 saturated carbocycles. The molecule has 0 aromatic carbocycles. The second kappa shape index (κ2) is 63.8. The molecule has 0 saturated heterocycles. The van der Waals surface area contributed by atoms with Crippen LogP contribution in [-0.4, -0.2) is 95.9 Å². The summed E-state index contributed by atoms with van der Waals surface area (Å²) in [6.07, 6.45) is 73.7. The van der Waals surface area contributed by atoms with Crippen molar-refractivity contribution in [3.05, 3.63) is 134 Å². The second-order valence-corrected chi connectivity index (χ2v) is 24.8. The third-order valence-electron chi connectivity index (χ3n) is 13.3. The van der Waals surface area contributed by atoms with Crippen molar-refractivity contribution in [1.29, 1.82) is 0 Å². The number of hydrogen-bond donors (Lipinski definition) is 4. The Hall–Kier alpha value is -4.31. The smallest absolute Gasteiger partial charge is 0.463 e. The maximum absolute atomic E-state index is 12.9. The second-order valence-electron chi connectivity index (χ2n) is 21.9. The summed E-state index contributed by atoms with van der Waals surface area (Å²) in [5.41, 5.74) is 0. The normalized spacial score (nSPS) is 15.1. The van der Waals surface area contributed by atoms with E-state index in [2.05, 4.69) is 154 Å². The molecule has 0 aromatic rings. The molecule has 5 unspecified atom stereocenters. The minimum absolute atomic E-state index is 0.0866. The summed E-state index contributed by atoms with van der Waals surface area (Å²) in [6, 6.07) is 0. The van der Waals surface area contributed by atoms with Gasteiger partial charge in [-0.05, 0) is 128 Å². The molecule has 4 N–H and O–H groups in total. The number of carbonyl (C=O) groups excluding carboxylic acids is 3.